The topological polar surface area (TPSA) is 124 Å². The second kappa shape index (κ2) is 13.4. The molecule has 3 heterocycles. The van der Waals surface area contributed by atoms with Crippen LogP contribution in [0, 0.1) is 6.92 Å². The number of pyridine rings is 1. The molecule has 0 spiro atoms. The van der Waals surface area contributed by atoms with Crippen LogP contribution in [0.1, 0.15) is 66.6 Å². The molecule has 0 radical (unpaired) electrons. The van der Waals surface area contributed by atoms with Crippen LogP contribution in [0.4, 0.5) is 5.00 Å². The summed E-state index contributed by atoms with van der Waals surface area (Å²) in [5.41, 5.74) is 4.21. The van der Waals surface area contributed by atoms with Gasteiger partial charge in [-0.1, -0.05) is 48.5 Å². The van der Waals surface area contributed by atoms with E-state index in [-0.39, 0.29) is 22.0 Å². The van der Waals surface area contributed by atoms with Crippen LogP contribution in [-0.2, 0) is 38.5 Å². The Morgan fingerprint density at radius 1 is 1.00 bits per heavy atom. The van der Waals surface area contributed by atoms with Crippen LogP contribution in [-0.4, -0.2) is 60.1 Å². The molecule has 10 nitrogen and oxygen atoms in total. The first kappa shape index (κ1) is 30.8. The van der Waals surface area contributed by atoms with Crippen molar-refractivity contribution in [1.29, 1.82) is 0 Å². The Balaban J connectivity index is 1.40. The van der Waals surface area contributed by atoms with Crippen molar-refractivity contribution in [3.63, 3.8) is 0 Å². The maximum Gasteiger partial charge on any atom is 0.348 e. The molecule has 44 heavy (non-hydrogen) atoms. The highest BCUT2D eigenvalue weighted by Crippen LogP contribution is 2.35. The fraction of sp³-hybridized carbons (Fsp3) is 0.303. The van der Waals surface area contributed by atoms with Gasteiger partial charge >= 0.3 is 17.9 Å². The number of aromatic nitrogens is 1. The third-order valence-corrected chi connectivity index (χ3v) is 8.65. The molecule has 1 amide bonds. The number of carbonyl (C=O) groups is 4. The fourth-order valence-electron chi connectivity index (χ4n) is 5.28. The summed E-state index contributed by atoms with van der Waals surface area (Å²) in [5, 5.41) is 3.40. The Labute approximate surface area is 258 Å². The Morgan fingerprint density at radius 3 is 2.45 bits per heavy atom. The maximum absolute atomic E-state index is 13.8. The van der Waals surface area contributed by atoms with Crippen molar-refractivity contribution in [3.8, 4) is 0 Å². The molecule has 0 aliphatic carbocycles. The maximum atomic E-state index is 13.8. The molecule has 0 fully saturated rings. The second-order valence-electron chi connectivity index (χ2n) is 10.4. The van der Waals surface area contributed by atoms with Crippen LogP contribution in [0.25, 0.3) is 10.9 Å². The number of esters is 3. The molecule has 2 aromatic heterocycles. The Kier molecular flexibility index (Phi) is 9.36. The van der Waals surface area contributed by atoms with Gasteiger partial charge in [-0.2, -0.15) is 0 Å². The molecule has 2 aromatic carbocycles. The zero-order valence-electron chi connectivity index (χ0n) is 25.0. The van der Waals surface area contributed by atoms with Gasteiger partial charge in [0.1, 0.15) is 9.88 Å². The molecular weight excluding hydrogens is 582 g/mol. The zero-order valence-corrected chi connectivity index (χ0v) is 25.8. The third-order valence-electron chi connectivity index (χ3n) is 7.47. The lowest BCUT2D eigenvalue weighted by Gasteiger charge is -2.30. The second-order valence-corrected chi connectivity index (χ2v) is 11.4. The van der Waals surface area contributed by atoms with Crippen LogP contribution in [0.2, 0.25) is 0 Å². The first-order valence-electron chi connectivity index (χ1n) is 14.3. The summed E-state index contributed by atoms with van der Waals surface area (Å²) >= 11 is 0.899. The number of nitrogens with one attached hydrogen (secondary N) is 1. The molecule has 5 rings (SSSR count). The van der Waals surface area contributed by atoms with E-state index in [0.29, 0.717) is 35.0 Å². The summed E-state index contributed by atoms with van der Waals surface area (Å²) in [6, 6.07) is 17.5. The standard InChI is InChI=1S/C33H33N3O7S/c1-5-42-33(40)28-19(2)26(31(38)41-4)30(44-28)35-29(37)20(3)43-32(39)27-22-13-9-10-14-24(22)34-25-15-16-36(18-23(25)27)17-21-11-7-6-8-12-21/h6-14,20H,5,15-18H2,1-4H3,(H,35,37). The van der Waals surface area contributed by atoms with E-state index in [9.17, 15) is 19.2 Å². The first-order chi connectivity index (χ1) is 21.2. The molecule has 1 atom stereocenters. The first-order valence-corrected chi connectivity index (χ1v) is 15.1. The largest absolute Gasteiger partial charge is 0.465 e. The fourth-order valence-corrected chi connectivity index (χ4v) is 6.37. The number of benzene rings is 2. The van der Waals surface area contributed by atoms with Gasteiger partial charge in [-0.05, 0) is 38.0 Å². The number of carbonyl (C=O) groups excluding carboxylic acids is 4. The molecule has 0 saturated carbocycles. The van der Waals surface area contributed by atoms with Gasteiger partial charge in [0.2, 0.25) is 0 Å². The molecular formula is C33H33N3O7S. The van der Waals surface area contributed by atoms with E-state index in [1.54, 1.807) is 13.8 Å². The van der Waals surface area contributed by atoms with E-state index >= 15 is 0 Å². The zero-order chi connectivity index (χ0) is 31.4. The minimum Gasteiger partial charge on any atom is -0.465 e. The van der Waals surface area contributed by atoms with E-state index in [4.69, 9.17) is 19.2 Å². The Morgan fingerprint density at radius 2 is 1.73 bits per heavy atom. The number of hydrogen-bond donors (Lipinski definition) is 1. The summed E-state index contributed by atoms with van der Waals surface area (Å²) in [6.07, 6.45) is -0.562. The molecule has 228 valence electrons. The lowest BCUT2D eigenvalue weighted by molar-refractivity contribution is -0.123. The van der Waals surface area contributed by atoms with Crippen molar-refractivity contribution in [2.45, 2.75) is 46.4 Å². The van der Waals surface area contributed by atoms with Crippen molar-refractivity contribution in [2.24, 2.45) is 0 Å². The molecule has 1 aliphatic heterocycles. The molecule has 1 unspecified atom stereocenters. The van der Waals surface area contributed by atoms with Crippen LogP contribution < -0.4 is 5.32 Å². The summed E-state index contributed by atoms with van der Waals surface area (Å²) in [5.74, 6) is -2.65. The van der Waals surface area contributed by atoms with E-state index in [1.807, 2.05) is 42.5 Å². The number of para-hydroxylation sites is 1. The van der Waals surface area contributed by atoms with Crippen LogP contribution in [0.3, 0.4) is 0 Å². The van der Waals surface area contributed by atoms with Crippen molar-refractivity contribution >= 4 is 51.1 Å². The highest BCUT2D eigenvalue weighted by atomic mass is 32.1. The van der Waals surface area contributed by atoms with Crippen LogP contribution in [0.5, 0.6) is 0 Å². The molecule has 1 N–H and O–H groups in total. The Bertz CT molecular complexity index is 1730. The van der Waals surface area contributed by atoms with Gasteiger partial charge in [-0.3, -0.25) is 14.7 Å². The van der Waals surface area contributed by atoms with Crippen molar-refractivity contribution in [2.75, 3.05) is 25.6 Å². The molecule has 4 aromatic rings. The lowest BCUT2D eigenvalue weighted by atomic mass is 9.95. The number of fused-ring (bicyclic) bond motifs is 2. The van der Waals surface area contributed by atoms with Crippen molar-refractivity contribution in [3.05, 3.63) is 93.0 Å². The summed E-state index contributed by atoms with van der Waals surface area (Å²) < 4.78 is 15.7. The van der Waals surface area contributed by atoms with E-state index in [0.717, 1.165) is 35.7 Å². The average Bonchev–Trinajstić information content (AvgIpc) is 3.35. The average molecular weight is 616 g/mol. The van der Waals surface area contributed by atoms with Gasteiger partial charge in [0.15, 0.2) is 6.10 Å². The van der Waals surface area contributed by atoms with Gasteiger partial charge in [0, 0.05) is 42.7 Å². The molecule has 0 saturated heterocycles. The van der Waals surface area contributed by atoms with E-state index in [1.165, 1.54) is 19.6 Å². The minimum absolute atomic E-state index is 0.0418. The number of ether oxygens (including phenoxy) is 3. The number of anilines is 1. The smallest absolute Gasteiger partial charge is 0.348 e. The number of amides is 1. The summed E-state index contributed by atoms with van der Waals surface area (Å²) in [6.45, 7) is 6.86. The van der Waals surface area contributed by atoms with Gasteiger partial charge in [0.25, 0.3) is 5.91 Å². The van der Waals surface area contributed by atoms with E-state index in [2.05, 4.69) is 22.3 Å². The van der Waals surface area contributed by atoms with E-state index < -0.39 is 29.9 Å². The van der Waals surface area contributed by atoms with Gasteiger partial charge in [0.05, 0.1) is 30.4 Å². The number of hydrogen-bond acceptors (Lipinski definition) is 10. The van der Waals surface area contributed by atoms with Crippen molar-refractivity contribution in [1.82, 2.24) is 9.88 Å². The highest BCUT2D eigenvalue weighted by molar-refractivity contribution is 7.18. The van der Waals surface area contributed by atoms with Gasteiger partial charge < -0.3 is 19.5 Å². The minimum atomic E-state index is -1.23. The van der Waals surface area contributed by atoms with Gasteiger partial charge in [-0.15, -0.1) is 11.3 Å². The predicted octanol–water partition coefficient (Wildman–Crippen LogP) is 5.31. The van der Waals surface area contributed by atoms with Crippen LogP contribution in [0.15, 0.2) is 54.6 Å². The third kappa shape index (κ3) is 6.34. The van der Waals surface area contributed by atoms with Gasteiger partial charge in [-0.25, -0.2) is 14.4 Å². The number of thiophene rings is 1. The Hall–Kier alpha value is -4.61. The number of rotatable bonds is 9. The summed E-state index contributed by atoms with van der Waals surface area (Å²) in [7, 11) is 1.21. The van der Waals surface area contributed by atoms with Crippen molar-refractivity contribution < 1.29 is 33.4 Å². The summed E-state index contributed by atoms with van der Waals surface area (Å²) in [4.78, 5) is 59.4. The molecule has 0 bridgehead atoms. The van der Waals surface area contributed by atoms with Crippen LogP contribution >= 0.6 is 11.3 Å². The quantitative estimate of drug-likeness (QED) is 0.197. The predicted molar refractivity (Wildman–Crippen MR) is 166 cm³/mol. The normalized spacial score (nSPS) is 13.5. The highest BCUT2D eigenvalue weighted by Gasteiger charge is 2.31. The molecule has 11 heteroatoms. The lowest BCUT2D eigenvalue weighted by Crippen LogP contribution is -2.34. The SMILES string of the molecule is CCOC(=O)c1sc(NC(=O)C(C)OC(=O)c2c3c(nc4ccccc24)CCN(Cc2ccccc2)C3)c(C(=O)OC)c1C. The number of nitrogens with zero attached hydrogens (tertiary/aromatic N) is 2. The monoisotopic (exact) mass is 615 g/mol. The molecule has 1 aliphatic rings. The number of methoxy groups -OCH3 is 1.